The Balaban J connectivity index is 2.15. The van der Waals surface area contributed by atoms with Crippen molar-refractivity contribution < 1.29 is 9.59 Å². The number of carbonyl (C=O) groups excluding carboxylic acids is 2. The van der Waals surface area contributed by atoms with E-state index in [9.17, 15) is 9.59 Å². The maximum absolute atomic E-state index is 12.1. The molecule has 0 radical (unpaired) electrons. The topological polar surface area (TPSA) is 49.4 Å². The van der Waals surface area contributed by atoms with Crippen molar-refractivity contribution in [2.45, 2.75) is 46.1 Å². The van der Waals surface area contributed by atoms with Gasteiger partial charge in [0.15, 0.2) is 0 Å². The van der Waals surface area contributed by atoms with Crippen LogP contribution in [0.2, 0.25) is 0 Å². The molecule has 96 valence electrons. The van der Waals surface area contributed by atoms with Gasteiger partial charge in [-0.2, -0.15) is 0 Å². The van der Waals surface area contributed by atoms with Gasteiger partial charge in [0.2, 0.25) is 11.8 Å². The highest BCUT2D eigenvalue weighted by Gasteiger charge is 2.42. The third-order valence-corrected chi connectivity index (χ3v) is 3.87. The predicted octanol–water partition coefficient (Wildman–Crippen LogP) is 1.16. The Morgan fingerprint density at radius 3 is 2.35 bits per heavy atom. The summed E-state index contributed by atoms with van der Waals surface area (Å²) in [7, 11) is 0. The minimum atomic E-state index is -0.166. The van der Waals surface area contributed by atoms with Crippen molar-refractivity contribution in [3.05, 3.63) is 0 Å². The number of nitrogens with one attached hydrogen (secondary N) is 1. The minimum Gasteiger partial charge on any atom is -0.316 e. The normalized spacial score (nSPS) is 33.9. The highest BCUT2D eigenvalue weighted by Crippen LogP contribution is 2.34. The molecule has 2 saturated heterocycles. The summed E-state index contributed by atoms with van der Waals surface area (Å²) < 4.78 is 0. The lowest BCUT2D eigenvalue weighted by Crippen LogP contribution is -2.56. The molecule has 0 aliphatic carbocycles. The van der Waals surface area contributed by atoms with E-state index in [1.54, 1.807) is 4.90 Å². The van der Waals surface area contributed by atoms with Crippen molar-refractivity contribution in [1.29, 1.82) is 0 Å². The molecule has 0 saturated carbocycles. The molecular weight excluding hydrogens is 216 g/mol. The number of hydrogen-bond acceptors (Lipinski definition) is 3. The fourth-order valence-corrected chi connectivity index (χ4v) is 2.94. The van der Waals surface area contributed by atoms with Gasteiger partial charge in [-0.25, -0.2) is 0 Å². The van der Waals surface area contributed by atoms with E-state index in [2.05, 4.69) is 12.2 Å². The van der Waals surface area contributed by atoms with Gasteiger partial charge in [-0.1, -0.05) is 20.8 Å². The quantitative estimate of drug-likeness (QED) is 0.697. The second-order valence-electron chi connectivity index (χ2n) is 6.21. The highest BCUT2D eigenvalue weighted by atomic mass is 16.2. The van der Waals surface area contributed by atoms with Gasteiger partial charge in [-0.15, -0.1) is 0 Å². The zero-order valence-electron chi connectivity index (χ0n) is 11.0. The van der Waals surface area contributed by atoms with Crippen LogP contribution in [0.4, 0.5) is 0 Å². The third kappa shape index (κ3) is 2.51. The second-order valence-corrected chi connectivity index (χ2v) is 6.21. The summed E-state index contributed by atoms with van der Waals surface area (Å²) in [5.74, 6) is 0.396. The Bertz CT molecular complexity index is 318. The summed E-state index contributed by atoms with van der Waals surface area (Å²) in [6.45, 7) is 7.88. The summed E-state index contributed by atoms with van der Waals surface area (Å²) in [4.78, 5) is 25.9. The van der Waals surface area contributed by atoms with Gasteiger partial charge >= 0.3 is 0 Å². The lowest BCUT2D eigenvalue weighted by molar-refractivity contribution is -0.157. The Morgan fingerprint density at radius 2 is 1.82 bits per heavy atom. The van der Waals surface area contributed by atoms with E-state index in [4.69, 9.17) is 0 Å². The average Bonchev–Trinajstić information content (AvgIpc) is 2.17. The second kappa shape index (κ2) is 4.41. The standard InChI is InChI=1S/C13H22N2O2/c1-9-8-14-5-4-10(9)15-11(16)6-13(2,3)7-12(15)17/h9-10,14H,4-8H2,1-3H3. The summed E-state index contributed by atoms with van der Waals surface area (Å²) in [5, 5.41) is 3.30. The zero-order chi connectivity index (χ0) is 12.6. The van der Waals surface area contributed by atoms with Crippen LogP contribution < -0.4 is 5.32 Å². The van der Waals surface area contributed by atoms with Gasteiger partial charge in [-0.3, -0.25) is 14.5 Å². The van der Waals surface area contributed by atoms with Crippen LogP contribution in [-0.4, -0.2) is 35.8 Å². The van der Waals surface area contributed by atoms with Crippen LogP contribution >= 0.6 is 0 Å². The fraction of sp³-hybridized carbons (Fsp3) is 0.846. The average molecular weight is 238 g/mol. The summed E-state index contributed by atoms with van der Waals surface area (Å²) in [6, 6.07) is 0.104. The number of amides is 2. The van der Waals surface area contributed by atoms with Crippen molar-refractivity contribution in [2.75, 3.05) is 13.1 Å². The van der Waals surface area contributed by atoms with Crippen LogP contribution in [0.3, 0.4) is 0 Å². The van der Waals surface area contributed by atoms with Gasteiger partial charge in [0, 0.05) is 18.9 Å². The first-order valence-electron chi connectivity index (χ1n) is 6.46. The molecule has 2 rings (SSSR count). The summed E-state index contributed by atoms with van der Waals surface area (Å²) in [6.07, 6.45) is 1.88. The molecule has 2 heterocycles. The van der Waals surface area contributed by atoms with Crippen LogP contribution in [0.1, 0.15) is 40.0 Å². The van der Waals surface area contributed by atoms with E-state index in [0.717, 1.165) is 19.5 Å². The molecule has 4 nitrogen and oxygen atoms in total. The van der Waals surface area contributed by atoms with Crippen molar-refractivity contribution in [3.63, 3.8) is 0 Å². The van der Waals surface area contributed by atoms with Gasteiger partial charge in [0.25, 0.3) is 0 Å². The number of piperidine rings is 2. The van der Waals surface area contributed by atoms with E-state index in [-0.39, 0.29) is 23.3 Å². The molecule has 2 fully saturated rings. The Kier molecular flexibility index (Phi) is 3.25. The van der Waals surface area contributed by atoms with E-state index in [1.807, 2.05) is 13.8 Å². The Morgan fingerprint density at radius 1 is 1.24 bits per heavy atom. The van der Waals surface area contributed by atoms with Crippen molar-refractivity contribution >= 4 is 11.8 Å². The third-order valence-electron chi connectivity index (χ3n) is 3.87. The SMILES string of the molecule is CC1CNCCC1N1C(=O)CC(C)(C)CC1=O. The number of imide groups is 1. The molecule has 2 amide bonds. The Hall–Kier alpha value is -0.900. The van der Waals surface area contributed by atoms with Gasteiger partial charge in [-0.05, 0) is 30.8 Å². The molecule has 0 aromatic rings. The molecule has 17 heavy (non-hydrogen) atoms. The number of rotatable bonds is 1. The number of nitrogens with zero attached hydrogens (tertiary/aromatic N) is 1. The lowest BCUT2D eigenvalue weighted by atomic mass is 9.80. The van der Waals surface area contributed by atoms with Gasteiger partial charge in [0.05, 0.1) is 0 Å². The van der Waals surface area contributed by atoms with Crippen LogP contribution in [0.25, 0.3) is 0 Å². The van der Waals surface area contributed by atoms with E-state index in [1.165, 1.54) is 0 Å². The molecule has 2 aliphatic rings. The van der Waals surface area contributed by atoms with Crippen LogP contribution in [-0.2, 0) is 9.59 Å². The predicted molar refractivity (Wildman–Crippen MR) is 65.3 cm³/mol. The monoisotopic (exact) mass is 238 g/mol. The van der Waals surface area contributed by atoms with Gasteiger partial charge in [0.1, 0.15) is 0 Å². The number of carbonyl (C=O) groups is 2. The largest absolute Gasteiger partial charge is 0.316 e. The van der Waals surface area contributed by atoms with E-state index in [0.29, 0.717) is 18.8 Å². The smallest absolute Gasteiger partial charge is 0.229 e. The maximum atomic E-state index is 12.1. The Labute approximate surface area is 103 Å². The molecule has 4 heteroatoms. The van der Waals surface area contributed by atoms with Crippen molar-refractivity contribution in [3.8, 4) is 0 Å². The number of hydrogen-bond donors (Lipinski definition) is 1. The molecule has 2 unspecified atom stereocenters. The minimum absolute atomic E-state index is 0.0185. The first-order chi connectivity index (χ1) is 7.91. The molecular formula is C13H22N2O2. The van der Waals surface area contributed by atoms with Crippen LogP contribution in [0, 0.1) is 11.3 Å². The van der Waals surface area contributed by atoms with Crippen LogP contribution in [0.15, 0.2) is 0 Å². The number of likely N-dealkylation sites (tertiary alicyclic amines) is 1. The molecule has 2 aliphatic heterocycles. The molecule has 0 bridgehead atoms. The van der Waals surface area contributed by atoms with Crippen LogP contribution in [0.5, 0.6) is 0 Å². The molecule has 2 atom stereocenters. The first kappa shape index (κ1) is 12.6. The maximum Gasteiger partial charge on any atom is 0.229 e. The molecule has 1 N–H and O–H groups in total. The summed E-state index contributed by atoms with van der Waals surface area (Å²) in [5.41, 5.74) is -0.166. The molecule has 0 aromatic carbocycles. The highest BCUT2D eigenvalue weighted by molar-refractivity contribution is 5.98. The fourth-order valence-electron chi connectivity index (χ4n) is 2.94. The van der Waals surface area contributed by atoms with E-state index < -0.39 is 0 Å². The lowest BCUT2D eigenvalue weighted by Gasteiger charge is -2.43. The molecule has 0 spiro atoms. The van der Waals surface area contributed by atoms with Crippen molar-refractivity contribution in [1.82, 2.24) is 10.2 Å². The van der Waals surface area contributed by atoms with Crippen molar-refractivity contribution in [2.24, 2.45) is 11.3 Å². The summed E-state index contributed by atoms with van der Waals surface area (Å²) >= 11 is 0. The zero-order valence-corrected chi connectivity index (χ0v) is 11.0. The first-order valence-corrected chi connectivity index (χ1v) is 6.46. The van der Waals surface area contributed by atoms with Gasteiger partial charge < -0.3 is 5.32 Å². The van der Waals surface area contributed by atoms with E-state index >= 15 is 0 Å². The molecule has 0 aromatic heterocycles.